The fourth-order valence-electron chi connectivity index (χ4n) is 2.88. The van der Waals surface area contributed by atoms with Gasteiger partial charge in [-0.2, -0.15) is 0 Å². The van der Waals surface area contributed by atoms with Gasteiger partial charge in [0.05, 0.1) is 0 Å². The van der Waals surface area contributed by atoms with Gasteiger partial charge in [0.2, 0.25) is 12.7 Å². The number of hydrogen-bond donors (Lipinski definition) is 2. The minimum absolute atomic E-state index is 0.000575. The highest BCUT2D eigenvalue weighted by Gasteiger charge is 2.20. The Bertz CT molecular complexity index is 1050. The Morgan fingerprint density at radius 2 is 2.11 bits per heavy atom. The van der Waals surface area contributed by atoms with E-state index < -0.39 is 0 Å². The Balaban J connectivity index is 1.69. The van der Waals surface area contributed by atoms with Gasteiger partial charge in [-0.15, -0.1) is 0 Å². The zero-order valence-corrected chi connectivity index (χ0v) is 16.4. The molecule has 0 atom stereocenters. The van der Waals surface area contributed by atoms with Gasteiger partial charge in [-0.25, -0.2) is 15.0 Å². The first-order valence-electron chi connectivity index (χ1n) is 8.88. The van der Waals surface area contributed by atoms with E-state index in [1.165, 1.54) is 18.1 Å². The van der Waals surface area contributed by atoms with Gasteiger partial charge < -0.3 is 25.1 Å². The second-order valence-electron chi connectivity index (χ2n) is 6.25. The van der Waals surface area contributed by atoms with Crippen LogP contribution in [0.1, 0.15) is 18.9 Å². The molecule has 1 amide bonds. The van der Waals surface area contributed by atoms with E-state index in [1.807, 2.05) is 30.5 Å². The quantitative estimate of drug-likeness (QED) is 0.646. The molecule has 9 nitrogen and oxygen atoms in total. The molecular formula is C18H20N6O3S. The first kappa shape index (κ1) is 18.4. The molecular weight excluding hydrogens is 380 g/mol. The van der Waals surface area contributed by atoms with Gasteiger partial charge in [0.15, 0.2) is 33.6 Å². The number of nitrogens with zero attached hydrogens (tertiary/aromatic N) is 4. The van der Waals surface area contributed by atoms with Crippen molar-refractivity contribution in [2.75, 3.05) is 19.1 Å². The molecule has 1 aromatic carbocycles. The van der Waals surface area contributed by atoms with Crippen molar-refractivity contribution >= 4 is 34.7 Å². The largest absolute Gasteiger partial charge is 0.454 e. The number of imidazole rings is 1. The molecule has 0 bridgehead atoms. The third-order valence-electron chi connectivity index (χ3n) is 4.38. The number of carbonyl (C=O) groups is 1. The number of hydrogen-bond acceptors (Lipinski definition) is 8. The van der Waals surface area contributed by atoms with Crippen LogP contribution in [0.3, 0.4) is 0 Å². The lowest BCUT2D eigenvalue weighted by molar-refractivity contribution is -0.120. The number of ether oxygens (including phenoxy) is 2. The summed E-state index contributed by atoms with van der Waals surface area (Å²) in [5.74, 6) is 1.78. The normalized spacial score (nSPS) is 12.5. The smallest absolute Gasteiger partial charge is 0.231 e. The molecule has 3 N–H and O–H groups in total. The number of nitrogen functional groups attached to an aromatic ring is 1. The summed E-state index contributed by atoms with van der Waals surface area (Å²) >= 11 is 1.49. The summed E-state index contributed by atoms with van der Waals surface area (Å²) in [5.41, 5.74) is 8.22. The monoisotopic (exact) mass is 400 g/mol. The molecule has 146 valence electrons. The highest BCUT2D eigenvalue weighted by Crippen LogP contribution is 2.40. The number of amides is 1. The molecule has 10 heteroatoms. The molecule has 1 aliphatic rings. The summed E-state index contributed by atoms with van der Waals surface area (Å²) in [6, 6.07) is 3.90. The van der Waals surface area contributed by atoms with E-state index in [0.29, 0.717) is 42.2 Å². The summed E-state index contributed by atoms with van der Waals surface area (Å²) in [4.78, 5) is 25.6. The van der Waals surface area contributed by atoms with E-state index in [9.17, 15) is 4.79 Å². The molecule has 0 spiro atoms. The third-order valence-corrected chi connectivity index (χ3v) is 5.53. The topological polar surface area (TPSA) is 117 Å². The van der Waals surface area contributed by atoms with Crippen molar-refractivity contribution in [3.63, 3.8) is 0 Å². The standard InChI is InChI=1S/C18H20N6O3S/c1-3-14(25)20-4-5-24-17-15(16(19)21-8-22-17)23-18(24)28-13-7-12-11(6-10(13)2)26-9-27-12/h6-8H,3-5,9H2,1-2H3,(H,20,25)(H2,19,21,22). The number of aryl methyl sites for hydroxylation is 1. The first-order chi connectivity index (χ1) is 13.6. The maximum atomic E-state index is 11.6. The highest BCUT2D eigenvalue weighted by molar-refractivity contribution is 7.99. The molecule has 0 radical (unpaired) electrons. The first-order valence-corrected chi connectivity index (χ1v) is 9.70. The van der Waals surface area contributed by atoms with E-state index in [-0.39, 0.29) is 12.7 Å². The molecule has 3 heterocycles. The van der Waals surface area contributed by atoms with Gasteiger partial charge in [0, 0.05) is 24.4 Å². The number of nitrogens with one attached hydrogen (secondary N) is 1. The summed E-state index contributed by atoms with van der Waals surface area (Å²) in [7, 11) is 0. The zero-order chi connectivity index (χ0) is 19.7. The highest BCUT2D eigenvalue weighted by atomic mass is 32.2. The van der Waals surface area contributed by atoms with E-state index in [2.05, 4.69) is 20.3 Å². The molecule has 28 heavy (non-hydrogen) atoms. The SMILES string of the molecule is CCC(=O)NCCn1c(Sc2cc3c(cc2C)OCO3)nc2c(N)ncnc21. The van der Waals surface area contributed by atoms with Crippen LogP contribution in [-0.2, 0) is 11.3 Å². The van der Waals surface area contributed by atoms with Gasteiger partial charge in [0.25, 0.3) is 0 Å². The Kier molecular flexibility index (Phi) is 4.95. The summed E-state index contributed by atoms with van der Waals surface area (Å²) in [6.45, 7) is 5.04. The number of nitrogens with two attached hydrogens (primary N) is 1. The van der Waals surface area contributed by atoms with Gasteiger partial charge in [-0.05, 0) is 24.6 Å². The van der Waals surface area contributed by atoms with Crippen molar-refractivity contribution in [3.05, 3.63) is 24.0 Å². The predicted octanol–water partition coefficient (Wildman–Crippen LogP) is 2.12. The van der Waals surface area contributed by atoms with E-state index in [1.54, 1.807) is 0 Å². The van der Waals surface area contributed by atoms with E-state index in [4.69, 9.17) is 15.2 Å². The lowest BCUT2D eigenvalue weighted by Crippen LogP contribution is -2.26. The molecule has 0 unspecified atom stereocenters. The second kappa shape index (κ2) is 7.55. The summed E-state index contributed by atoms with van der Waals surface area (Å²) in [6.07, 6.45) is 1.86. The fourth-order valence-corrected chi connectivity index (χ4v) is 3.89. The van der Waals surface area contributed by atoms with Gasteiger partial charge in [0.1, 0.15) is 6.33 Å². The molecule has 0 saturated carbocycles. The molecule has 0 fully saturated rings. The lowest BCUT2D eigenvalue weighted by atomic mass is 10.2. The fraction of sp³-hybridized carbons (Fsp3) is 0.333. The molecule has 4 rings (SSSR count). The minimum atomic E-state index is -0.000575. The zero-order valence-electron chi connectivity index (χ0n) is 15.6. The van der Waals surface area contributed by atoms with Crippen LogP contribution in [0, 0.1) is 6.92 Å². The Morgan fingerprint density at radius 1 is 1.32 bits per heavy atom. The number of rotatable bonds is 6. The number of fused-ring (bicyclic) bond motifs is 2. The van der Waals surface area contributed by atoms with Gasteiger partial charge in [-0.3, -0.25) is 4.79 Å². The predicted molar refractivity (Wildman–Crippen MR) is 104 cm³/mol. The van der Waals surface area contributed by atoms with Crippen molar-refractivity contribution in [2.24, 2.45) is 0 Å². The molecule has 0 saturated heterocycles. The number of carbonyl (C=O) groups excluding carboxylic acids is 1. The molecule has 1 aliphatic heterocycles. The number of anilines is 1. The van der Waals surface area contributed by atoms with Crippen LogP contribution in [0.2, 0.25) is 0 Å². The van der Waals surface area contributed by atoms with Gasteiger partial charge >= 0.3 is 0 Å². The van der Waals surface area contributed by atoms with Gasteiger partial charge in [-0.1, -0.05) is 18.7 Å². The lowest BCUT2D eigenvalue weighted by Gasteiger charge is -2.11. The number of aromatic nitrogens is 4. The molecule has 0 aliphatic carbocycles. The average Bonchev–Trinajstić information content (AvgIpc) is 3.27. The second-order valence-corrected chi connectivity index (χ2v) is 7.26. The van der Waals surface area contributed by atoms with Crippen molar-refractivity contribution in [2.45, 2.75) is 36.9 Å². The van der Waals surface area contributed by atoms with Crippen molar-refractivity contribution in [3.8, 4) is 11.5 Å². The maximum absolute atomic E-state index is 11.6. The van der Waals surface area contributed by atoms with Crippen LogP contribution in [0.4, 0.5) is 5.82 Å². The average molecular weight is 400 g/mol. The van der Waals surface area contributed by atoms with Crippen molar-refractivity contribution in [1.82, 2.24) is 24.8 Å². The maximum Gasteiger partial charge on any atom is 0.231 e. The van der Waals surface area contributed by atoms with Crippen LogP contribution in [0.15, 0.2) is 28.5 Å². The van der Waals surface area contributed by atoms with E-state index in [0.717, 1.165) is 21.4 Å². The molecule has 2 aromatic heterocycles. The summed E-state index contributed by atoms with van der Waals surface area (Å²) < 4.78 is 12.9. The van der Waals surface area contributed by atoms with Crippen LogP contribution in [0.25, 0.3) is 11.2 Å². The van der Waals surface area contributed by atoms with E-state index >= 15 is 0 Å². The Hall–Kier alpha value is -3.01. The molecule has 3 aromatic rings. The third kappa shape index (κ3) is 3.42. The van der Waals surface area contributed by atoms with Crippen molar-refractivity contribution in [1.29, 1.82) is 0 Å². The Morgan fingerprint density at radius 3 is 2.89 bits per heavy atom. The van der Waals surface area contributed by atoms with Crippen LogP contribution in [-0.4, -0.2) is 38.8 Å². The minimum Gasteiger partial charge on any atom is -0.454 e. The number of benzene rings is 1. The van der Waals surface area contributed by atoms with Crippen LogP contribution in [0.5, 0.6) is 11.5 Å². The Labute approximate surface area is 165 Å². The van der Waals surface area contributed by atoms with Crippen LogP contribution < -0.4 is 20.5 Å². The summed E-state index contributed by atoms with van der Waals surface area (Å²) in [5, 5.41) is 3.60. The van der Waals surface area contributed by atoms with Crippen molar-refractivity contribution < 1.29 is 14.3 Å². The van der Waals surface area contributed by atoms with Crippen LogP contribution >= 0.6 is 11.8 Å².